The number of pyridine rings is 2. The molecule has 3 aromatic heterocycles. The van der Waals surface area contributed by atoms with E-state index in [9.17, 15) is 9.59 Å². The first-order valence-corrected chi connectivity index (χ1v) is 7.40. The highest BCUT2D eigenvalue weighted by atomic mass is 16.2. The molecule has 0 bridgehead atoms. The Morgan fingerprint density at radius 1 is 1.21 bits per heavy atom. The van der Waals surface area contributed by atoms with Crippen molar-refractivity contribution in [3.05, 3.63) is 65.0 Å². The molecule has 0 aliphatic heterocycles. The molecule has 1 amide bonds. The summed E-state index contributed by atoms with van der Waals surface area (Å²) in [6.45, 7) is 0.553. The van der Waals surface area contributed by atoms with Gasteiger partial charge in [0, 0.05) is 32.2 Å². The highest BCUT2D eigenvalue weighted by molar-refractivity contribution is 5.93. The normalized spacial score (nSPS) is 10.5. The van der Waals surface area contributed by atoms with Crippen LogP contribution < -0.4 is 11.0 Å². The number of nitrogens with zero attached hydrogens (tertiary/aromatic N) is 5. The van der Waals surface area contributed by atoms with Crippen molar-refractivity contribution in [1.29, 1.82) is 0 Å². The maximum absolute atomic E-state index is 12.2. The molecule has 3 rings (SSSR count). The molecule has 0 aliphatic carbocycles. The van der Waals surface area contributed by atoms with Crippen LogP contribution in [0, 0.1) is 0 Å². The first-order chi connectivity index (χ1) is 11.7. The van der Waals surface area contributed by atoms with Crippen LogP contribution >= 0.6 is 0 Å². The number of rotatable bonds is 5. The molecule has 122 valence electrons. The maximum Gasteiger partial charge on any atom is 0.346 e. The minimum Gasteiger partial charge on any atom is -0.350 e. The van der Waals surface area contributed by atoms with E-state index in [0.717, 1.165) is 0 Å². The fourth-order valence-electron chi connectivity index (χ4n) is 2.23. The summed E-state index contributed by atoms with van der Waals surface area (Å²) in [6, 6.07) is 8.79. The van der Waals surface area contributed by atoms with Crippen molar-refractivity contribution >= 4 is 5.91 Å². The molecule has 0 saturated carbocycles. The van der Waals surface area contributed by atoms with Crippen molar-refractivity contribution in [3.63, 3.8) is 0 Å². The van der Waals surface area contributed by atoms with Crippen LogP contribution in [0.4, 0.5) is 0 Å². The summed E-state index contributed by atoms with van der Waals surface area (Å²) in [6.07, 6.45) is 4.73. The van der Waals surface area contributed by atoms with Crippen molar-refractivity contribution in [2.75, 3.05) is 6.54 Å². The molecule has 0 spiro atoms. The van der Waals surface area contributed by atoms with E-state index >= 15 is 0 Å². The zero-order chi connectivity index (χ0) is 16.9. The third-order valence-electron chi connectivity index (χ3n) is 3.47. The van der Waals surface area contributed by atoms with Crippen molar-refractivity contribution in [2.24, 2.45) is 7.05 Å². The van der Waals surface area contributed by atoms with Gasteiger partial charge in [0.1, 0.15) is 5.69 Å². The summed E-state index contributed by atoms with van der Waals surface area (Å²) in [4.78, 5) is 32.3. The molecule has 0 atom stereocenters. The van der Waals surface area contributed by atoms with Crippen LogP contribution in [0.3, 0.4) is 0 Å². The molecule has 3 aromatic rings. The fraction of sp³-hybridized carbons (Fsp3) is 0.188. The van der Waals surface area contributed by atoms with Crippen molar-refractivity contribution in [1.82, 2.24) is 29.6 Å². The van der Waals surface area contributed by atoms with Gasteiger partial charge in [-0.05, 0) is 24.3 Å². The number of carbonyl (C=O) groups is 1. The van der Waals surface area contributed by atoms with Crippen LogP contribution in [-0.2, 0) is 13.6 Å². The maximum atomic E-state index is 12.2. The molecule has 0 radical (unpaired) electrons. The Labute approximate surface area is 137 Å². The smallest absolute Gasteiger partial charge is 0.346 e. The van der Waals surface area contributed by atoms with E-state index in [1.165, 1.54) is 15.4 Å². The average Bonchev–Trinajstić information content (AvgIpc) is 2.92. The molecule has 24 heavy (non-hydrogen) atoms. The lowest BCUT2D eigenvalue weighted by Gasteiger charge is -2.04. The van der Waals surface area contributed by atoms with Gasteiger partial charge in [-0.3, -0.25) is 19.3 Å². The molecule has 8 nitrogen and oxygen atoms in total. The zero-order valence-corrected chi connectivity index (χ0v) is 13.1. The number of aromatic nitrogens is 5. The standard InChI is InChI=1S/C16H16N6O2/c1-21-14(13-6-2-3-8-18-13)20-22(16(21)24)10-9-19-15(23)12-5-4-7-17-11-12/h2-8,11H,9-10H2,1H3,(H,19,23). The Morgan fingerprint density at radius 2 is 2.08 bits per heavy atom. The summed E-state index contributed by atoms with van der Waals surface area (Å²) in [7, 11) is 1.64. The van der Waals surface area contributed by atoms with Crippen LogP contribution in [0.25, 0.3) is 11.5 Å². The zero-order valence-electron chi connectivity index (χ0n) is 13.1. The van der Waals surface area contributed by atoms with Gasteiger partial charge >= 0.3 is 5.69 Å². The SMILES string of the molecule is Cn1c(-c2ccccn2)nn(CCNC(=O)c2cccnc2)c1=O. The molecular formula is C16H16N6O2. The van der Waals surface area contributed by atoms with Crippen molar-refractivity contribution < 1.29 is 4.79 Å². The van der Waals surface area contributed by atoms with Gasteiger partial charge in [-0.25, -0.2) is 9.48 Å². The number of nitrogens with one attached hydrogen (secondary N) is 1. The van der Waals surface area contributed by atoms with Gasteiger partial charge in [0.05, 0.1) is 12.1 Å². The summed E-state index contributed by atoms with van der Waals surface area (Å²) in [5, 5.41) is 7.03. The predicted octanol–water partition coefficient (Wildman–Crippen LogP) is 0.469. The second-order valence-electron chi connectivity index (χ2n) is 5.10. The molecule has 0 aliphatic rings. The summed E-state index contributed by atoms with van der Waals surface area (Å²) >= 11 is 0. The van der Waals surface area contributed by atoms with E-state index < -0.39 is 0 Å². The fourth-order valence-corrected chi connectivity index (χ4v) is 2.23. The molecule has 0 saturated heterocycles. The van der Waals surface area contributed by atoms with Crippen LogP contribution in [0.15, 0.2) is 53.7 Å². The lowest BCUT2D eigenvalue weighted by molar-refractivity contribution is 0.0951. The largest absolute Gasteiger partial charge is 0.350 e. The monoisotopic (exact) mass is 324 g/mol. The van der Waals surface area contributed by atoms with E-state index in [1.54, 1.807) is 43.7 Å². The van der Waals surface area contributed by atoms with E-state index in [-0.39, 0.29) is 24.7 Å². The van der Waals surface area contributed by atoms with Gasteiger partial charge < -0.3 is 5.32 Å². The second kappa shape index (κ2) is 6.86. The average molecular weight is 324 g/mol. The van der Waals surface area contributed by atoms with Gasteiger partial charge in [0.25, 0.3) is 5.91 Å². The summed E-state index contributed by atoms with van der Waals surface area (Å²) in [5.41, 5.74) is 0.835. The molecule has 0 unspecified atom stereocenters. The minimum absolute atomic E-state index is 0.239. The van der Waals surface area contributed by atoms with Gasteiger partial charge in [-0.2, -0.15) is 0 Å². The molecule has 0 fully saturated rings. The van der Waals surface area contributed by atoms with Crippen LogP contribution in [-0.4, -0.2) is 36.8 Å². The Balaban J connectivity index is 1.68. The van der Waals surface area contributed by atoms with Crippen LogP contribution in [0.2, 0.25) is 0 Å². The van der Waals surface area contributed by atoms with E-state index in [4.69, 9.17) is 0 Å². The third kappa shape index (κ3) is 3.22. The van der Waals surface area contributed by atoms with E-state index in [1.807, 2.05) is 6.07 Å². The highest BCUT2D eigenvalue weighted by Gasteiger charge is 2.13. The lowest BCUT2D eigenvalue weighted by Crippen LogP contribution is -2.31. The van der Waals surface area contributed by atoms with E-state index in [2.05, 4.69) is 20.4 Å². The topological polar surface area (TPSA) is 94.7 Å². The van der Waals surface area contributed by atoms with Crippen molar-refractivity contribution in [2.45, 2.75) is 6.54 Å². The van der Waals surface area contributed by atoms with E-state index in [0.29, 0.717) is 17.1 Å². The van der Waals surface area contributed by atoms with Crippen molar-refractivity contribution in [3.8, 4) is 11.5 Å². The molecule has 0 aromatic carbocycles. The highest BCUT2D eigenvalue weighted by Crippen LogP contribution is 2.10. The molecular weight excluding hydrogens is 308 g/mol. The van der Waals surface area contributed by atoms with Gasteiger partial charge in [-0.15, -0.1) is 5.10 Å². The lowest BCUT2D eigenvalue weighted by atomic mass is 10.3. The minimum atomic E-state index is -0.258. The van der Waals surface area contributed by atoms with Crippen LogP contribution in [0.5, 0.6) is 0 Å². The van der Waals surface area contributed by atoms with Crippen LogP contribution in [0.1, 0.15) is 10.4 Å². The number of hydrogen-bond donors (Lipinski definition) is 1. The van der Waals surface area contributed by atoms with Gasteiger partial charge in [0.15, 0.2) is 5.82 Å². The Hall–Kier alpha value is -3.29. The first kappa shape index (κ1) is 15.6. The Bertz CT molecular complexity index is 886. The number of carbonyl (C=O) groups excluding carboxylic acids is 1. The molecule has 3 heterocycles. The quantitative estimate of drug-likeness (QED) is 0.736. The second-order valence-corrected chi connectivity index (χ2v) is 5.10. The summed E-state index contributed by atoms with van der Waals surface area (Å²) < 4.78 is 2.75. The Kier molecular flexibility index (Phi) is 4.46. The molecule has 8 heteroatoms. The third-order valence-corrected chi connectivity index (χ3v) is 3.47. The number of amides is 1. The first-order valence-electron chi connectivity index (χ1n) is 7.40. The van der Waals surface area contributed by atoms with Gasteiger partial charge in [0.2, 0.25) is 0 Å². The van der Waals surface area contributed by atoms with Gasteiger partial charge in [-0.1, -0.05) is 6.07 Å². The number of hydrogen-bond acceptors (Lipinski definition) is 5. The summed E-state index contributed by atoms with van der Waals surface area (Å²) in [5.74, 6) is 0.246. The predicted molar refractivity (Wildman–Crippen MR) is 87.3 cm³/mol. The molecule has 1 N–H and O–H groups in total. The Morgan fingerprint density at radius 3 is 2.79 bits per heavy atom.